The summed E-state index contributed by atoms with van der Waals surface area (Å²) in [6.45, 7) is 2.04. The van der Waals surface area contributed by atoms with Crippen LogP contribution in [0.2, 0.25) is 0 Å². The Balaban J connectivity index is 1.31. The van der Waals surface area contributed by atoms with Crippen LogP contribution in [0.5, 0.6) is 0 Å². The smallest absolute Gasteiger partial charge is 0.310 e. The van der Waals surface area contributed by atoms with Crippen molar-refractivity contribution in [3.8, 4) is 0 Å². The number of para-hydroxylation sites is 1. The Bertz CT molecular complexity index is 1070. The van der Waals surface area contributed by atoms with Crippen LogP contribution in [-0.2, 0) is 20.7 Å². The number of halogens is 1. The van der Waals surface area contributed by atoms with E-state index in [1.54, 1.807) is 24.3 Å². The Morgan fingerprint density at radius 1 is 1.10 bits per heavy atom. The Morgan fingerprint density at radius 3 is 2.71 bits per heavy atom. The maximum absolute atomic E-state index is 13.1. The number of hydrogen-bond acceptors (Lipinski definition) is 4. The number of carbonyl (C=O) groups is 3. The quantitative estimate of drug-likeness (QED) is 0.497. The van der Waals surface area contributed by atoms with E-state index in [1.165, 1.54) is 0 Å². The van der Waals surface area contributed by atoms with Gasteiger partial charge in [0, 0.05) is 22.9 Å². The first-order valence-corrected chi connectivity index (χ1v) is 11.5. The molecule has 7 heteroatoms. The van der Waals surface area contributed by atoms with Crippen molar-refractivity contribution in [1.82, 2.24) is 0 Å². The summed E-state index contributed by atoms with van der Waals surface area (Å²) >= 11 is 3.63. The molecule has 2 aromatic carbocycles. The first-order valence-electron chi connectivity index (χ1n) is 10.6. The molecule has 2 aromatic rings. The minimum atomic E-state index is -0.408. The van der Waals surface area contributed by atoms with Crippen LogP contribution in [0.3, 0.4) is 0 Å². The molecule has 6 nitrogen and oxygen atoms in total. The highest BCUT2D eigenvalue weighted by Gasteiger charge is 2.67. The lowest BCUT2D eigenvalue weighted by atomic mass is 9.79. The molecule has 1 saturated heterocycles. The first-order chi connectivity index (χ1) is 15.0. The molecule has 3 aliphatic rings. The molecule has 2 bridgehead atoms. The fraction of sp³-hybridized carbons (Fsp3) is 0.375. The molecule has 0 spiro atoms. The first kappa shape index (κ1) is 20.2. The van der Waals surface area contributed by atoms with Crippen molar-refractivity contribution in [2.75, 3.05) is 10.6 Å². The minimum Gasteiger partial charge on any atom is -0.461 e. The monoisotopic (exact) mass is 482 g/mol. The van der Waals surface area contributed by atoms with Gasteiger partial charge in [0.05, 0.1) is 16.7 Å². The van der Waals surface area contributed by atoms with Gasteiger partial charge in [-0.15, -0.1) is 0 Å². The van der Waals surface area contributed by atoms with E-state index in [1.807, 2.05) is 31.2 Å². The minimum absolute atomic E-state index is 0.0201. The molecule has 1 aliphatic heterocycles. The lowest BCUT2D eigenvalue weighted by molar-refractivity contribution is -0.145. The number of fused-ring (bicyclic) bond motifs is 1. The summed E-state index contributed by atoms with van der Waals surface area (Å²) in [5.41, 5.74) is 2.83. The molecule has 6 atom stereocenters. The van der Waals surface area contributed by atoms with Crippen molar-refractivity contribution in [1.29, 1.82) is 0 Å². The number of hydrogen-bond donors (Lipinski definition) is 2. The van der Waals surface area contributed by atoms with E-state index in [0.29, 0.717) is 11.3 Å². The molecular formula is C24H23BrN2O4. The number of esters is 1. The van der Waals surface area contributed by atoms with Crippen LogP contribution in [0, 0.1) is 23.7 Å². The maximum Gasteiger partial charge on any atom is 0.310 e. The van der Waals surface area contributed by atoms with Gasteiger partial charge >= 0.3 is 5.97 Å². The molecule has 2 aliphatic carbocycles. The number of aryl methyl sites for hydroxylation is 1. The number of nitrogens with one attached hydrogen (secondary N) is 2. The predicted molar refractivity (Wildman–Crippen MR) is 120 cm³/mol. The normalized spacial score (nSPS) is 30.2. The lowest BCUT2D eigenvalue weighted by Crippen LogP contribution is -2.40. The molecule has 0 radical (unpaired) electrons. The van der Waals surface area contributed by atoms with E-state index in [9.17, 15) is 14.4 Å². The highest BCUT2D eigenvalue weighted by Crippen LogP contribution is 2.60. The van der Waals surface area contributed by atoms with Gasteiger partial charge in [0.25, 0.3) is 5.91 Å². The van der Waals surface area contributed by atoms with Gasteiger partial charge in [-0.3, -0.25) is 14.4 Å². The highest BCUT2D eigenvalue weighted by atomic mass is 79.9. The van der Waals surface area contributed by atoms with Crippen molar-refractivity contribution in [2.45, 2.75) is 30.7 Å². The molecule has 3 fully saturated rings. The standard InChI is InChI=1S/C24H23BrN2O4/c1-2-12-6-3-4-9-17(12)27-22(28)13-7-5-8-14(10-13)26-23(29)18-15-11-16-19(18)24(30)31-21(16)20(15)25/h3-10,15-16,18-21H,2,11H2,1H3,(H,26,29)(H,27,28)/t15-,16-,18-,19-,20+,21+/m1/s1. The third-order valence-electron chi connectivity index (χ3n) is 6.86. The van der Waals surface area contributed by atoms with Crippen LogP contribution >= 0.6 is 15.9 Å². The number of benzene rings is 2. The summed E-state index contributed by atoms with van der Waals surface area (Å²) in [5.74, 6) is -1.25. The third-order valence-corrected chi connectivity index (χ3v) is 8.06. The fourth-order valence-corrected chi connectivity index (χ4v) is 6.48. The molecular weight excluding hydrogens is 460 g/mol. The Kier molecular flexibility index (Phi) is 5.08. The van der Waals surface area contributed by atoms with Crippen molar-refractivity contribution in [2.24, 2.45) is 23.7 Å². The zero-order valence-corrected chi connectivity index (χ0v) is 18.6. The number of amides is 2. The molecule has 31 heavy (non-hydrogen) atoms. The van der Waals surface area contributed by atoms with Crippen LogP contribution < -0.4 is 10.6 Å². The second-order valence-corrected chi connectivity index (χ2v) is 9.55. The maximum atomic E-state index is 13.1. The van der Waals surface area contributed by atoms with Crippen molar-refractivity contribution >= 4 is 45.1 Å². The van der Waals surface area contributed by atoms with Crippen LogP contribution in [-0.4, -0.2) is 28.7 Å². The molecule has 160 valence electrons. The van der Waals surface area contributed by atoms with Crippen LogP contribution in [0.4, 0.5) is 11.4 Å². The largest absolute Gasteiger partial charge is 0.461 e. The van der Waals surface area contributed by atoms with Gasteiger partial charge in [0.15, 0.2) is 0 Å². The SMILES string of the molecule is CCc1ccccc1NC(=O)c1cccc(NC(=O)[C@@H]2[C@H]3C[C@H]4[C@H](OC(=O)[C@H]42)[C@H]3Br)c1. The number of carbonyl (C=O) groups excluding carboxylic acids is 3. The van der Waals surface area contributed by atoms with E-state index >= 15 is 0 Å². The van der Waals surface area contributed by atoms with Gasteiger partial charge in [-0.25, -0.2) is 0 Å². The molecule has 0 aromatic heterocycles. The summed E-state index contributed by atoms with van der Waals surface area (Å²) < 4.78 is 5.49. The van der Waals surface area contributed by atoms with Gasteiger partial charge in [-0.2, -0.15) is 0 Å². The van der Waals surface area contributed by atoms with Crippen LogP contribution in [0.15, 0.2) is 48.5 Å². The van der Waals surface area contributed by atoms with Gasteiger partial charge < -0.3 is 15.4 Å². The highest BCUT2D eigenvalue weighted by molar-refractivity contribution is 9.09. The van der Waals surface area contributed by atoms with E-state index in [2.05, 4.69) is 26.6 Å². The lowest BCUT2D eigenvalue weighted by Gasteiger charge is -2.27. The average Bonchev–Trinajstić information content (AvgIpc) is 3.38. The zero-order chi connectivity index (χ0) is 21.7. The molecule has 2 saturated carbocycles. The van der Waals surface area contributed by atoms with E-state index in [-0.39, 0.29) is 46.5 Å². The van der Waals surface area contributed by atoms with Crippen LogP contribution in [0.1, 0.15) is 29.3 Å². The predicted octanol–water partition coefficient (Wildman–Crippen LogP) is 4.01. The average molecular weight is 483 g/mol. The second-order valence-electron chi connectivity index (χ2n) is 8.50. The zero-order valence-electron chi connectivity index (χ0n) is 17.0. The molecule has 1 heterocycles. The number of rotatable bonds is 5. The van der Waals surface area contributed by atoms with E-state index in [4.69, 9.17) is 4.74 Å². The summed E-state index contributed by atoms with van der Waals surface area (Å²) in [6.07, 6.45) is 1.54. The fourth-order valence-electron chi connectivity index (χ4n) is 5.44. The molecule has 5 rings (SSSR count). The van der Waals surface area contributed by atoms with Crippen molar-refractivity contribution < 1.29 is 19.1 Å². The van der Waals surface area contributed by atoms with Gasteiger partial charge in [0.1, 0.15) is 6.10 Å². The molecule has 2 amide bonds. The van der Waals surface area contributed by atoms with Crippen molar-refractivity contribution in [3.63, 3.8) is 0 Å². The molecule has 2 N–H and O–H groups in total. The summed E-state index contributed by atoms with van der Waals surface area (Å²) in [6, 6.07) is 14.6. The van der Waals surface area contributed by atoms with Crippen molar-refractivity contribution in [3.05, 3.63) is 59.7 Å². The van der Waals surface area contributed by atoms with Gasteiger partial charge in [-0.1, -0.05) is 47.1 Å². The van der Waals surface area contributed by atoms with E-state index in [0.717, 1.165) is 24.1 Å². The topological polar surface area (TPSA) is 84.5 Å². The third kappa shape index (κ3) is 3.35. The summed E-state index contributed by atoms with van der Waals surface area (Å²) in [4.78, 5) is 38.2. The van der Waals surface area contributed by atoms with Gasteiger partial charge in [-0.05, 0) is 48.6 Å². The Labute approximate surface area is 188 Å². The summed E-state index contributed by atoms with van der Waals surface area (Å²) in [5, 5.41) is 5.88. The Morgan fingerprint density at radius 2 is 1.90 bits per heavy atom. The number of ether oxygens (including phenoxy) is 1. The Hall–Kier alpha value is -2.67. The molecule has 0 unspecified atom stereocenters. The number of alkyl halides is 1. The van der Waals surface area contributed by atoms with Crippen LogP contribution in [0.25, 0.3) is 0 Å². The second kappa shape index (κ2) is 7.79. The number of anilines is 2. The van der Waals surface area contributed by atoms with Gasteiger partial charge in [0.2, 0.25) is 5.91 Å². The summed E-state index contributed by atoms with van der Waals surface area (Å²) in [7, 11) is 0. The van der Waals surface area contributed by atoms with E-state index < -0.39 is 5.92 Å².